The van der Waals surface area contributed by atoms with Crippen molar-refractivity contribution < 1.29 is 9.72 Å². The van der Waals surface area contributed by atoms with Gasteiger partial charge in [0.2, 0.25) is 5.91 Å². The van der Waals surface area contributed by atoms with Crippen molar-refractivity contribution in [1.82, 2.24) is 0 Å². The summed E-state index contributed by atoms with van der Waals surface area (Å²) in [6.07, 6.45) is 1.75. The number of hydrogen-bond donors (Lipinski definition) is 1. The lowest BCUT2D eigenvalue weighted by Crippen LogP contribution is -2.30. The van der Waals surface area contributed by atoms with Crippen LogP contribution in [0.4, 0.5) is 11.4 Å². The molecule has 0 bridgehead atoms. The third-order valence-corrected chi connectivity index (χ3v) is 3.29. The summed E-state index contributed by atoms with van der Waals surface area (Å²) in [5.41, 5.74) is 7.31. The summed E-state index contributed by atoms with van der Waals surface area (Å²) in [5, 5.41) is 10.8. The number of nitro benzene ring substituents is 1. The zero-order valence-corrected chi connectivity index (χ0v) is 12.1. The minimum absolute atomic E-state index is 0. The van der Waals surface area contributed by atoms with Gasteiger partial charge in [0.25, 0.3) is 5.69 Å². The number of fused-ring (bicyclic) bond motifs is 1. The number of halogens is 1. The van der Waals surface area contributed by atoms with Gasteiger partial charge in [0.1, 0.15) is 0 Å². The van der Waals surface area contributed by atoms with E-state index in [0.29, 0.717) is 25.1 Å². The lowest BCUT2D eigenvalue weighted by Gasteiger charge is -2.17. The average Bonchev–Trinajstić information content (AvgIpc) is 2.78. The first kappa shape index (κ1) is 16.4. The van der Waals surface area contributed by atoms with Gasteiger partial charge in [-0.1, -0.05) is 6.07 Å². The molecular weight excluding hydrogens is 282 g/mol. The Kier molecular flexibility index (Phi) is 5.47. The van der Waals surface area contributed by atoms with Crippen LogP contribution in [-0.4, -0.2) is 23.4 Å². The highest BCUT2D eigenvalue weighted by molar-refractivity contribution is 5.95. The number of non-ortho nitro benzene ring substituents is 1. The van der Waals surface area contributed by atoms with E-state index in [1.807, 2.05) is 6.92 Å². The van der Waals surface area contributed by atoms with Gasteiger partial charge in [0.05, 0.1) is 10.6 Å². The molecule has 0 spiro atoms. The first-order valence-electron chi connectivity index (χ1n) is 6.32. The van der Waals surface area contributed by atoms with Gasteiger partial charge in [-0.15, -0.1) is 12.4 Å². The van der Waals surface area contributed by atoms with Gasteiger partial charge in [-0.25, -0.2) is 0 Å². The summed E-state index contributed by atoms with van der Waals surface area (Å²) in [6.45, 7) is 2.45. The van der Waals surface area contributed by atoms with Crippen LogP contribution in [0.2, 0.25) is 0 Å². The van der Waals surface area contributed by atoms with Crippen molar-refractivity contribution in [2.24, 2.45) is 5.73 Å². The zero-order chi connectivity index (χ0) is 14.0. The minimum atomic E-state index is -0.441. The summed E-state index contributed by atoms with van der Waals surface area (Å²) in [4.78, 5) is 24.1. The van der Waals surface area contributed by atoms with Crippen molar-refractivity contribution in [2.45, 2.75) is 32.2 Å². The fraction of sp³-hybridized carbons (Fsp3) is 0.462. The normalized spacial score (nSPS) is 14.4. The quantitative estimate of drug-likeness (QED) is 0.680. The number of amides is 1. The number of nitrogens with two attached hydrogens (primary N) is 1. The standard InChI is InChI=1S/C13H17N3O3.ClH/c1-9(14)2-5-13(17)15-7-6-10-3-4-11(16(18)19)8-12(10)15;/h3-4,8-9H,2,5-7,14H2,1H3;1H. The number of hydrogen-bond acceptors (Lipinski definition) is 4. The summed E-state index contributed by atoms with van der Waals surface area (Å²) < 4.78 is 0. The molecule has 0 fully saturated rings. The molecule has 1 unspecified atom stereocenters. The van der Waals surface area contributed by atoms with Crippen LogP contribution in [-0.2, 0) is 11.2 Å². The molecule has 1 atom stereocenters. The highest BCUT2D eigenvalue weighted by Crippen LogP contribution is 2.32. The molecule has 20 heavy (non-hydrogen) atoms. The van der Waals surface area contributed by atoms with Crippen LogP contribution in [0.15, 0.2) is 18.2 Å². The van der Waals surface area contributed by atoms with Gasteiger partial charge >= 0.3 is 0 Å². The second-order valence-electron chi connectivity index (χ2n) is 4.88. The third kappa shape index (κ3) is 3.46. The average molecular weight is 300 g/mol. The number of nitrogens with zero attached hydrogens (tertiary/aromatic N) is 2. The Hall–Kier alpha value is -1.66. The molecule has 0 aliphatic carbocycles. The van der Waals surface area contributed by atoms with Crippen LogP contribution in [0.5, 0.6) is 0 Å². The summed E-state index contributed by atoms with van der Waals surface area (Å²) in [6, 6.07) is 4.67. The Morgan fingerprint density at radius 3 is 2.85 bits per heavy atom. The fourth-order valence-electron chi connectivity index (χ4n) is 2.23. The summed E-state index contributed by atoms with van der Waals surface area (Å²) in [5.74, 6) is -0.0171. The van der Waals surface area contributed by atoms with Crippen LogP contribution in [0, 0.1) is 10.1 Å². The van der Waals surface area contributed by atoms with Gasteiger partial charge in [0.15, 0.2) is 0 Å². The van der Waals surface area contributed by atoms with Crippen LogP contribution in [0.1, 0.15) is 25.3 Å². The molecule has 6 nitrogen and oxygen atoms in total. The summed E-state index contributed by atoms with van der Waals surface area (Å²) in [7, 11) is 0. The van der Waals surface area contributed by atoms with E-state index in [1.165, 1.54) is 12.1 Å². The van der Waals surface area contributed by atoms with Gasteiger partial charge in [-0.2, -0.15) is 0 Å². The van der Waals surface area contributed by atoms with Gasteiger partial charge in [-0.3, -0.25) is 14.9 Å². The van der Waals surface area contributed by atoms with Crippen molar-refractivity contribution in [3.05, 3.63) is 33.9 Å². The molecule has 0 saturated carbocycles. The number of rotatable bonds is 4. The Labute approximate surface area is 123 Å². The first-order chi connectivity index (χ1) is 8.99. The molecular formula is C13H18ClN3O3. The number of carbonyl (C=O) groups excluding carboxylic acids is 1. The van der Waals surface area contributed by atoms with Gasteiger partial charge < -0.3 is 10.6 Å². The molecule has 0 radical (unpaired) electrons. The van der Waals surface area contributed by atoms with Crippen LogP contribution < -0.4 is 10.6 Å². The first-order valence-corrected chi connectivity index (χ1v) is 6.32. The SMILES string of the molecule is CC(N)CCC(=O)N1CCc2ccc([N+](=O)[O-])cc21.Cl. The zero-order valence-electron chi connectivity index (χ0n) is 11.2. The van der Waals surface area contributed by atoms with E-state index >= 15 is 0 Å². The fourth-order valence-corrected chi connectivity index (χ4v) is 2.23. The maximum Gasteiger partial charge on any atom is 0.271 e. The number of benzene rings is 1. The highest BCUT2D eigenvalue weighted by atomic mass is 35.5. The monoisotopic (exact) mass is 299 g/mol. The maximum atomic E-state index is 12.1. The molecule has 2 N–H and O–H groups in total. The Morgan fingerprint density at radius 1 is 1.55 bits per heavy atom. The number of carbonyl (C=O) groups is 1. The predicted molar refractivity (Wildman–Crippen MR) is 79.3 cm³/mol. The second-order valence-corrected chi connectivity index (χ2v) is 4.88. The molecule has 0 aromatic heterocycles. The van der Waals surface area contributed by atoms with Crippen molar-refractivity contribution in [1.29, 1.82) is 0 Å². The van der Waals surface area contributed by atoms with Crippen molar-refractivity contribution in [3.63, 3.8) is 0 Å². The minimum Gasteiger partial charge on any atom is -0.328 e. The Bertz CT molecular complexity index is 520. The molecule has 0 saturated heterocycles. The van der Waals surface area contributed by atoms with E-state index in [0.717, 1.165) is 12.0 Å². The van der Waals surface area contributed by atoms with E-state index in [2.05, 4.69) is 0 Å². The van der Waals surface area contributed by atoms with E-state index in [-0.39, 0.29) is 30.0 Å². The Balaban J connectivity index is 0.00000200. The molecule has 1 amide bonds. The maximum absolute atomic E-state index is 12.1. The van der Waals surface area contributed by atoms with Crippen molar-refractivity contribution in [3.8, 4) is 0 Å². The van der Waals surface area contributed by atoms with Crippen LogP contribution in [0.3, 0.4) is 0 Å². The van der Waals surface area contributed by atoms with E-state index in [4.69, 9.17) is 5.73 Å². The Morgan fingerprint density at radius 2 is 2.25 bits per heavy atom. The molecule has 2 rings (SSSR count). The van der Waals surface area contributed by atoms with Gasteiger partial charge in [0, 0.05) is 31.1 Å². The molecule has 1 aromatic rings. The lowest BCUT2D eigenvalue weighted by molar-refractivity contribution is -0.384. The second kappa shape index (κ2) is 6.67. The molecule has 1 aliphatic heterocycles. The number of nitro groups is 1. The molecule has 1 aromatic carbocycles. The topological polar surface area (TPSA) is 89.5 Å². The summed E-state index contributed by atoms with van der Waals surface area (Å²) >= 11 is 0. The van der Waals surface area contributed by atoms with Crippen LogP contribution >= 0.6 is 12.4 Å². The third-order valence-electron chi connectivity index (χ3n) is 3.29. The molecule has 110 valence electrons. The van der Waals surface area contributed by atoms with Crippen molar-refractivity contribution >= 4 is 29.7 Å². The predicted octanol–water partition coefficient (Wildman–Crippen LogP) is 2.03. The van der Waals surface area contributed by atoms with Crippen molar-refractivity contribution in [2.75, 3.05) is 11.4 Å². The van der Waals surface area contributed by atoms with Gasteiger partial charge in [-0.05, 0) is 25.3 Å². The highest BCUT2D eigenvalue weighted by Gasteiger charge is 2.26. The van der Waals surface area contributed by atoms with E-state index < -0.39 is 4.92 Å². The molecule has 7 heteroatoms. The van der Waals surface area contributed by atoms with Crippen LogP contribution in [0.25, 0.3) is 0 Å². The van der Waals surface area contributed by atoms with E-state index in [1.54, 1.807) is 11.0 Å². The number of anilines is 1. The smallest absolute Gasteiger partial charge is 0.271 e. The molecule has 1 heterocycles. The largest absolute Gasteiger partial charge is 0.328 e. The lowest BCUT2D eigenvalue weighted by atomic mass is 10.1. The molecule has 1 aliphatic rings. The van der Waals surface area contributed by atoms with E-state index in [9.17, 15) is 14.9 Å².